The SMILES string of the molecule is Cc1ccc(C)c(C(=O)C[n+]2cccc(Br)c2)c1.[Br-]. The fourth-order valence-electron chi connectivity index (χ4n) is 1.88. The van der Waals surface area contributed by atoms with E-state index in [1.807, 2.05) is 61.1 Å². The van der Waals surface area contributed by atoms with Crippen LogP contribution in [0, 0.1) is 13.8 Å². The molecule has 0 N–H and O–H groups in total. The van der Waals surface area contributed by atoms with E-state index in [2.05, 4.69) is 15.9 Å². The molecule has 1 heterocycles. The number of carbonyl (C=O) groups is 1. The highest BCUT2D eigenvalue weighted by atomic mass is 79.9. The maximum atomic E-state index is 12.3. The number of ketones is 1. The van der Waals surface area contributed by atoms with E-state index in [9.17, 15) is 4.79 Å². The van der Waals surface area contributed by atoms with Gasteiger partial charge in [0, 0.05) is 11.6 Å². The number of rotatable bonds is 3. The summed E-state index contributed by atoms with van der Waals surface area (Å²) in [5, 5.41) is 0. The Hall–Kier alpha value is -1.000. The summed E-state index contributed by atoms with van der Waals surface area (Å²) in [6, 6.07) is 9.84. The van der Waals surface area contributed by atoms with Crippen LogP contribution in [-0.4, -0.2) is 5.78 Å². The van der Waals surface area contributed by atoms with Crippen LogP contribution in [0.1, 0.15) is 21.5 Å². The number of benzene rings is 1. The van der Waals surface area contributed by atoms with E-state index in [-0.39, 0.29) is 22.8 Å². The molecular formula is C15H15Br2NO. The predicted molar refractivity (Wildman–Crippen MR) is 74.6 cm³/mol. The molecule has 1 aromatic heterocycles. The third-order valence-electron chi connectivity index (χ3n) is 2.84. The molecule has 2 nitrogen and oxygen atoms in total. The van der Waals surface area contributed by atoms with Gasteiger partial charge in [-0.2, -0.15) is 4.57 Å². The van der Waals surface area contributed by atoms with Gasteiger partial charge in [-0.05, 0) is 47.5 Å². The number of pyridine rings is 1. The molecule has 0 aliphatic carbocycles. The topological polar surface area (TPSA) is 20.9 Å². The van der Waals surface area contributed by atoms with Gasteiger partial charge in [0.15, 0.2) is 12.4 Å². The standard InChI is InChI=1S/C15H15BrNO.BrH/c1-11-5-6-12(2)14(8-11)15(18)10-17-7-3-4-13(16)9-17;/h3-9H,10H2,1-2H3;1H/q+1;/p-1. The molecule has 100 valence electrons. The summed E-state index contributed by atoms with van der Waals surface area (Å²) in [5.74, 6) is 0.138. The van der Waals surface area contributed by atoms with Crippen molar-refractivity contribution in [1.29, 1.82) is 0 Å². The summed E-state index contributed by atoms with van der Waals surface area (Å²) < 4.78 is 2.85. The van der Waals surface area contributed by atoms with Crippen LogP contribution in [0.15, 0.2) is 47.2 Å². The van der Waals surface area contributed by atoms with Crippen LogP contribution in [-0.2, 0) is 6.54 Å². The quantitative estimate of drug-likeness (QED) is 0.548. The lowest BCUT2D eigenvalue weighted by Gasteiger charge is -2.04. The Morgan fingerprint density at radius 3 is 2.68 bits per heavy atom. The lowest BCUT2D eigenvalue weighted by Crippen LogP contribution is -3.00. The Bertz CT molecular complexity index is 596. The van der Waals surface area contributed by atoms with Gasteiger partial charge < -0.3 is 17.0 Å². The largest absolute Gasteiger partial charge is 1.00 e. The van der Waals surface area contributed by atoms with Crippen molar-refractivity contribution < 1.29 is 26.3 Å². The van der Waals surface area contributed by atoms with Crippen molar-refractivity contribution in [2.75, 3.05) is 0 Å². The van der Waals surface area contributed by atoms with Crippen LogP contribution in [0.5, 0.6) is 0 Å². The molecule has 0 radical (unpaired) electrons. The molecule has 0 atom stereocenters. The van der Waals surface area contributed by atoms with E-state index in [0.29, 0.717) is 6.54 Å². The van der Waals surface area contributed by atoms with Gasteiger partial charge in [0.05, 0.1) is 4.47 Å². The van der Waals surface area contributed by atoms with Crippen molar-refractivity contribution in [3.8, 4) is 0 Å². The first-order valence-corrected chi connectivity index (χ1v) is 6.60. The molecule has 2 aromatic rings. The lowest BCUT2D eigenvalue weighted by molar-refractivity contribution is -0.683. The molecule has 0 bridgehead atoms. The number of aryl methyl sites for hydroxylation is 2. The van der Waals surface area contributed by atoms with Crippen LogP contribution < -0.4 is 21.5 Å². The van der Waals surface area contributed by atoms with Crippen molar-refractivity contribution in [3.05, 3.63) is 63.9 Å². The summed E-state index contributed by atoms with van der Waals surface area (Å²) in [7, 11) is 0. The third-order valence-corrected chi connectivity index (χ3v) is 3.31. The van der Waals surface area contributed by atoms with Crippen molar-refractivity contribution in [2.24, 2.45) is 0 Å². The lowest BCUT2D eigenvalue weighted by atomic mass is 10.0. The molecule has 19 heavy (non-hydrogen) atoms. The molecule has 0 unspecified atom stereocenters. The maximum absolute atomic E-state index is 12.3. The van der Waals surface area contributed by atoms with Gasteiger partial charge in [-0.1, -0.05) is 17.7 Å². The molecule has 0 spiro atoms. The second-order valence-electron chi connectivity index (χ2n) is 4.44. The monoisotopic (exact) mass is 383 g/mol. The van der Waals surface area contributed by atoms with Crippen LogP contribution in [0.25, 0.3) is 0 Å². The van der Waals surface area contributed by atoms with Crippen molar-refractivity contribution in [1.82, 2.24) is 0 Å². The minimum Gasteiger partial charge on any atom is -1.00 e. The van der Waals surface area contributed by atoms with E-state index in [1.54, 1.807) is 0 Å². The van der Waals surface area contributed by atoms with Gasteiger partial charge >= 0.3 is 0 Å². The van der Waals surface area contributed by atoms with Crippen LogP contribution in [0.4, 0.5) is 0 Å². The Morgan fingerprint density at radius 1 is 1.26 bits per heavy atom. The van der Waals surface area contributed by atoms with Crippen LogP contribution in [0.3, 0.4) is 0 Å². The Balaban J connectivity index is 0.00000180. The van der Waals surface area contributed by atoms with Gasteiger partial charge in [0.1, 0.15) is 0 Å². The van der Waals surface area contributed by atoms with Crippen molar-refractivity contribution >= 4 is 21.7 Å². The first kappa shape index (κ1) is 16.1. The second-order valence-corrected chi connectivity index (χ2v) is 5.35. The molecule has 0 amide bonds. The molecule has 4 heteroatoms. The number of hydrogen-bond acceptors (Lipinski definition) is 1. The molecular weight excluding hydrogens is 370 g/mol. The zero-order valence-electron chi connectivity index (χ0n) is 10.9. The zero-order valence-corrected chi connectivity index (χ0v) is 14.0. The number of nitrogens with zero attached hydrogens (tertiary/aromatic N) is 1. The van der Waals surface area contributed by atoms with Crippen LogP contribution in [0.2, 0.25) is 0 Å². The smallest absolute Gasteiger partial charge is 0.227 e. The van der Waals surface area contributed by atoms with Crippen molar-refractivity contribution in [3.63, 3.8) is 0 Å². The van der Waals surface area contributed by atoms with Gasteiger partial charge in [-0.3, -0.25) is 4.79 Å². The highest BCUT2D eigenvalue weighted by Gasteiger charge is 2.14. The van der Waals surface area contributed by atoms with Crippen molar-refractivity contribution in [2.45, 2.75) is 20.4 Å². The summed E-state index contributed by atoms with van der Waals surface area (Å²) in [6.45, 7) is 4.34. The predicted octanol–water partition coefficient (Wildman–Crippen LogP) is 0.240. The number of hydrogen-bond donors (Lipinski definition) is 0. The number of aromatic nitrogens is 1. The summed E-state index contributed by atoms with van der Waals surface area (Å²) >= 11 is 3.40. The first-order valence-electron chi connectivity index (χ1n) is 5.81. The number of halogens is 2. The van der Waals surface area contributed by atoms with E-state index >= 15 is 0 Å². The molecule has 2 rings (SSSR count). The summed E-state index contributed by atoms with van der Waals surface area (Å²) in [6.07, 6.45) is 3.80. The minimum absolute atomic E-state index is 0. The Kier molecular flexibility index (Phi) is 5.88. The number of Topliss-reactive ketones (excluding diaryl/α,β-unsaturated/α-hetero) is 1. The Labute approximate surface area is 132 Å². The van der Waals surface area contributed by atoms with Crippen LogP contribution >= 0.6 is 15.9 Å². The molecule has 0 aliphatic heterocycles. The molecule has 0 fully saturated rings. The maximum Gasteiger partial charge on any atom is 0.227 e. The molecule has 0 saturated heterocycles. The summed E-state index contributed by atoms with van der Waals surface area (Å²) in [4.78, 5) is 12.3. The highest BCUT2D eigenvalue weighted by molar-refractivity contribution is 9.10. The summed E-state index contributed by atoms with van der Waals surface area (Å²) in [5.41, 5.74) is 2.95. The van der Waals surface area contributed by atoms with Gasteiger partial charge in [0.2, 0.25) is 12.3 Å². The normalized spacial score (nSPS) is 9.84. The molecule has 0 saturated carbocycles. The zero-order chi connectivity index (χ0) is 13.1. The van der Waals surface area contributed by atoms with E-state index in [4.69, 9.17) is 0 Å². The average Bonchev–Trinajstić information content (AvgIpc) is 2.32. The van der Waals surface area contributed by atoms with Gasteiger partial charge in [-0.25, -0.2) is 0 Å². The minimum atomic E-state index is 0. The van der Waals surface area contributed by atoms with E-state index in [1.165, 1.54) is 0 Å². The Morgan fingerprint density at radius 2 is 2.00 bits per heavy atom. The van der Waals surface area contributed by atoms with Gasteiger partial charge in [0.25, 0.3) is 0 Å². The fourth-order valence-corrected chi connectivity index (χ4v) is 2.29. The van der Waals surface area contributed by atoms with E-state index < -0.39 is 0 Å². The number of carbonyl (C=O) groups excluding carboxylic acids is 1. The highest BCUT2D eigenvalue weighted by Crippen LogP contribution is 2.11. The fraction of sp³-hybridized carbons (Fsp3) is 0.200. The molecule has 1 aromatic carbocycles. The first-order chi connectivity index (χ1) is 8.56. The van der Waals surface area contributed by atoms with Gasteiger partial charge in [-0.15, -0.1) is 0 Å². The molecule has 0 aliphatic rings. The second kappa shape index (κ2) is 6.96. The van der Waals surface area contributed by atoms with E-state index in [0.717, 1.165) is 21.2 Å². The average molecular weight is 385 g/mol. The third kappa shape index (κ3) is 4.25.